The molecule has 0 bridgehead atoms. The standard InChI is InChI=1S/C17H13N/c1-2-13-7-9-14(10-8-13)16-11-15-5-3-4-6-17(15)18-12-16/h2-12H,1H2. The molecule has 0 unspecified atom stereocenters. The van der Waals surface area contributed by atoms with Crippen LogP contribution in [0.5, 0.6) is 0 Å². The van der Waals surface area contributed by atoms with Gasteiger partial charge in [0.2, 0.25) is 0 Å². The Morgan fingerprint density at radius 2 is 1.67 bits per heavy atom. The normalized spacial score (nSPS) is 10.4. The minimum Gasteiger partial charge on any atom is -0.256 e. The van der Waals surface area contributed by atoms with Crippen molar-refractivity contribution < 1.29 is 0 Å². The molecule has 86 valence electrons. The number of hydrogen-bond donors (Lipinski definition) is 0. The summed E-state index contributed by atoms with van der Waals surface area (Å²) in [5.41, 5.74) is 4.49. The van der Waals surface area contributed by atoms with Gasteiger partial charge in [-0.05, 0) is 23.3 Å². The SMILES string of the molecule is C=Cc1ccc(-c2cnc3ccccc3c2)cc1. The first-order valence-electron chi connectivity index (χ1n) is 5.94. The molecule has 0 aliphatic heterocycles. The largest absolute Gasteiger partial charge is 0.256 e. The van der Waals surface area contributed by atoms with Crippen molar-refractivity contribution in [3.63, 3.8) is 0 Å². The molecule has 1 heterocycles. The summed E-state index contributed by atoms with van der Waals surface area (Å²) in [5.74, 6) is 0. The Balaban J connectivity index is 2.10. The predicted molar refractivity (Wildman–Crippen MR) is 77.3 cm³/mol. The van der Waals surface area contributed by atoms with E-state index in [2.05, 4.69) is 48.0 Å². The second-order valence-electron chi connectivity index (χ2n) is 4.24. The quantitative estimate of drug-likeness (QED) is 0.630. The first-order chi connectivity index (χ1) is 8.86. The van der Waals surface area contributed by atoms with Gasteiger partial charge in [0.1, 0.15) is 0 Å². The van der Waals surface area contributed by atoms with E-state index in [1.807, 2.05) is 30.5 Å². The van der Waals surface area contributed by atoms with Crippen molar-refractivity contribution in [2.24, 2.45) is 0 Å². The zero-order valence-electron chi connectivity index (χ0n) is 10.0. The Morgan fingerprint density at radius 1 is 0.889 bits per heavy atom. The first kappa shape index (κ1) is 10.7. The average molecular weight is 231 g/mol. The monoisotopic (exact) mass is 231 g/mol. The summed E-state index contributed by atoms with van der Waals surface area (Å²) >= 11 is 0. The molecular weight excluding hydrogens is 218 g/mol. The number of para-hydroxylation sites is 1. The average Bonchev–Trinajstić information content (AvgIpc) is 2.47. The minimum absolute atomic E-state index is 1.03. The Bertz CT molecular complexity index is 696. The fourth-order valence-corrected chi connectivity index (χ4v) is 2.04. The molecule has 0 spiro atoms. The topological polar surface area (TPSA) is 12.9 Å². The van der Waals surface area contributed by atoms with Gasteiger partial charge in [-0.1, -0.05) is 55.1 Å². The van der Waals surface area contributed by atoms with E-state index in [4.69, 9.17) is 0 Å². The van der Waals surface area contributed by atoms with Crippen LogP contribution in [0.2, 0.25) is 0 Å². The van der Waals surface area contributed by atoms with E-state index < -0.39 is 0 Å². The molecule has 1 aromatic heterocycles. The summed E-state index contributed by atoms with van der Waals surface area (Å²) < 4.78 is 0. The van der Waals surface area contributed by atoms with E-state index in [0.29, 0.717) is 0 Å². The van der Waals surface area contributed by atoms with Crippen molar-refractivity contribution in [1.29, 1.82) is 0 Å². The Hall–Kier alpha value is -2.41. The van der Waals surface area contributed by atoms with Crippen LogP contribution in [0, 0.1) is 0 Å². The van der Waals surface area contributed by atoms with Crippen LogP contribution in [0.4, 0.5) is 0 Å². The molecule has 0 atom stereocenters. The van der Waals surface area contributed by atoms with Crippen molar-refractivity contribution >= 4 is 17.0 Å². The third-order valence-electron chi connectivity index (χ3n) is 3.07. The molecule has 2 aromatic carbocycles. The van der Waals surface area contributed by atoms with Crippen molar-refractivity contribution in [2.75, 3.05) is 0 Å². The number of hydrogen-bond acceptors (Lipinski definition) is 1. The Labute approximate surface area is 106 Å². The number of fused-ring (bicyclic) bond motifs is 1. The van der Waals surface area contributed by atoms with Gasteiger partial charge in [-0.2, -0.15) is 0 Å². The lowest BCUT2D eigenvalue weighted by molar-refractivity contribution is 1.41. The van der Waals surface area contributed by atoms with E-state index in [0.717, 1.165) is 16.6 Å². The summed E-state index contributed by atoms with van der Waals surface area (Å²) in [6.07, 6.45) is 3.77. The molecule has 0 saturated carbocycles. The van der Waals surface area contributed by atoms with Crippen molar-refractivity contribution in [1.82, 2.24) is 4.98 Å². The molecule has 1 nitrogen and oxygen atoms in total. The maximum absolute atomic E-state index is 4.48. The maximum atomic E-state index is 4.48. The summed E-state index contributed by atoms with van der Waals surface area (Å²) in [6.45, 7) is 3.76. The molecule has 0 radical (unpaired) electrons. The van der Waals surface area contributed by atoms with E-state index in [1.165, 1.54) is 10.9 Å². The summed E-state index contributed by atoms with van der Waals surface area (Å²) in [5, 5.41) is 1.17. The molecular formula is C17H13N. The molecule has 0 N–H and O–H groups in total. The van der Waals surface area contributed by atoms with E-state index in [1.54, 1.807) is 0 Å². The molecule has 0 amide bonds. The highest BCUT2D eigenvalue weighted by atomic mass is 14.6. The number of nitrogens with zero attached hydrogens (tertiary/aromatic N) is 1. The van der Waals surface area contributed by atoms with Crippen LogP contribution in [0.3, 0.4) is 0 Å². The van der Waals surface area contributed by atoms with Gasteiger partial charge in [-0.25, -0.2) is 0 Å². The second-order valence-corrected chi connectivity index (χ2v) is 4.24. The molecule has 0 aliphatic rings. The van der Waals surface area contributed by atoms with Gasteiger partial charge in [0, 0.05) is 17.1 Å². The van der Waals surface area contributed by atoms with Crippen LogP contribution in [0.15, 0.2) is 67.4 Å². The minimum atomic E-state index is 1.03. The van der Waals surface area contributed by atoms with E-state index in [-0.39, 0.29) is 0 Å². The highest BCUT2D eigenvalue weighted by Crippen LogP contribution is 2.23. The van der Waals surface area contributed by atoms with Crippen LogP contribution in [0.1, 0.15) is 5.56 Å². The van der Waals surface area contributed by atoms with Gasteiger partial charge >= 0.3 is 0 Å². The molecule has 3 aromatic rings. The van der Waals surface area contributed by atoms with Crippen LogP contribution in [-0.2, 0) is 0 Å². The van der Waals surface area contributed by atoms with Crippen molar-refractivity contribution in [3.05, 3.63) is 72.9 Å². The van der Waals surface area contributed by atoms with Crippen molar-refractivity contribution in [2.45, 2.75) is 0 Å². The summed E-state index contributed by atoms with van der Waals surface area (Å²) in [7, 11) is 0. The van der Waals surface area contributed by atoms with Crippen LogP contribution in [0.25, 0.3) is 28.1 Å². The van der Waals surface area contributed by atoms with Gasteiger partial charge < -0.3 is 0 Å². The molecule has 0 aliphatic carbocycles. The Kier molecular flexibility index (Phi) is 2.66. The Morgan fingerprint density at radius 3 is 2.44 bits per heavy atom. The van der Waals surface area contributed by atoms with Crippen LogP contribution in [-0.4, -0.2) is 4.98 Å². The zero-order chi connectivity index (χ0) is 12.4. The predicted octanol–water partition coefficient (Wildman–Crippen LogP) is 4.54. The first-order valence-corrected chi connectivity index (χ1v) is 5.94. The lowest BCUT2D eigenvalue weighted by Crippen LogP contribution is -1.83. The molecule has 1 heteroatoms. The lowest BCUT2D eigenvalue weighted by atomic mass is 10.0. The highest BCUT2D eigenvalue weighted by molar-refractivity contribution is 5.83. The molecule has 18 heavy (non-hydrogen) atoms. The number of rotatable bonds is 2. The molecule has 0 saturated heterocycles. The third kappa shape index (κ3) is 1.91. The summed E-state index contributed by atoms with van der Waals surface area (Å²) in [4.78, 5) is 4.48. The van der Waals surface area contributed by atoms with Gasteiger partial charge in [0.25, 0.3) is 0 Å². The van der Waals surface area contributed by atoms with Crippen LogP contribution < -0.4 is 0 Å². The molecule has 0 fully saturated rings. The third-order valence-corrected chi connectivity index (χ3v) is 3.07. The van der Waals surface area contributed by atoms with Gasteiger partial charge in [0.05, 0.1) is 5.52 Å². The lowest BCUT2D eigenvalue weighted by Gasteiger charge is -2.04. The van der Waals surface area contributed by atoms with E-state index >= 15 is 0 Å². The zero-order valence-corrected chi connectivity index (χ0v) is 10.0. The highest BCUT2D eigenvalue weighted by Gasteiger charge is 2.00. The second kappa shape index (κ2) is 4.46. The summed E-state index contributed by atoms with van der Waals surface area (Å²) in [6, 6.07) is 18.7. The van der Waals surface area contributed by atoms with Crippen LogP contribution >= 0.6 is 0 Å². The fourth-order valence-electron chi connectivity index (χ4n) is 2.04. The van der Waals surface area contributed by atoms with Gasteiger partial charge in [0.15, 0.2) is 0 Å². The van der Waals surface area contributed by atoms with E-state index in [9.17, 15) is 0 Å². The number of pyridine rings is 1. The maximum Gasteiger partial charge on any atom is 0.0702 e. The van der Waals surface area contributed by atoms with Gasteiger partial charge in [-0.3, -0.25) is 4.98 Å². The fraction of sp³-hybridized carbons (Fsp3) is 0. The molecule has 3 rings (SSSR count). The smallest absolute Gasteiger partial charge is 0.0702 e. The number of aromatic nitrogens is 1. The van der Waals surface area contributed by atoms with Crippen molar-refractivity contribution in [3.8, 4) is 11.1 Å². The van der Waals surface area contributed by atoms with Gasteiger partial charge in [-0.15, -0.1) is 0 Å². The number of benzene rings is 2.